The Labute approximate surface area is 225 Å². The van der Waals surface area contributed by atoms with Gasteiger partial charge < -0.3 is 9.64 Å². The molecule has 4 rings (SSSR count). The maximum atomic E-state index is 13.7. The first kappa shape index (κ1) is 27.9. The van der Waals surface area contributed by atoms with Gasteiger partial charge in [-0.25, -0.2) is 4.98 Å². The van der Waals surface area contributed by atoms with E-state index in [-0.39, 0.29) is 43.0 Å². The van der Waals surface area contributed by atoms with E-state index < -0.39 is 0 Å². The average Bonchev–Trinajstić information content (AvgIpc) is 3.46. The van der Waals surface area contributed by atoms with E-state index in [0.29, 0.717) is 45.8 Å². The lowest BCUT2D eigenvalue weighted by Crippen LogP contribution is -2.39. The van der Waals surface area contributed by atoms with Gasteiger partial charge in [-0.05, 0) is 49.5 Å². The molecule has 192 valence electrons. The number of anilines is 2. The van der Waals surface area contributed by atoms with Gasteiger partial charge in [-0.15, -0.1) is 12.4 Å². The van der Waals surface area contributed by atoms with Crippen LogP contribution in [0.4, 0.5) is 10.8 Å². The number of thiazole rings is 1. The number of aromatic nitrogens is 1. The van der Waals surface area contributed by atoms with Gasteiger partial charge in [0, 0.05) is 31.5 Å². The third kappa shape index (κ3) is 5.49. The van der Waals surface area contributed by atoms with Gasteiger partial charge >= 0.3 is 0 Å². The van der Waals surface area contributed by atoms with Gasteiger partial charge in [0.1, 0.15) is 11.3 Å². The Hall–Kier alpha value is -2.72. The molecule has 0 saturated carbocycles. The molecule has 0 unspecified atom stereocenters. The molecule has 0 bridgehead atoms. The SMILES string of the molecule is CCN(CC)CCN(C(=O)c1ccc(N2C(=O)CCC2=O)cc1)c1nc2c(OC)ccc(Cl)c2s1.Cl. The third-order valence-electron chi connectivity index (χ3n) is 6.10. The van der Waals surface area contributed by atoms with Crippen molar-refractivity contribution in [3.63, 3.8) is 0 Å². The van der Waals surface area contributed by atoms with Gasteiger partial charge in [-0.2, -0.15) is 0 Å². The topological polar surface area (TPSA) is 83.0 Å². The molecule has 1 aromatic heterocycles. The molecule has 0 spiro atoms. The number of nitrogens with zero attached hydrogens (tertiary/aromatic N) is 4. The lowest BCUT2D eigenvalue weighted by atomic mass is 10.1. The van der Waals surface area contributed by atoms with Crippen LogP contribution in [-0.2, 0) is 9.59 Å². The van der Waals surface area contributed by atoms with Crippen molar-refractivity contribution in [2.75, 3.05) is 43.1 Å². The van der Waals surface area contributed by atoms with Crippen LogP contribution in [0.5, 0.6) is 5.75 Å². The summed E-state index contributed by atoms with van der Waals surface area (Å²) in [5.41, 5.74) is 1.52. The Balaban J connectivity index is 0.00000361. The Morgan fingerprint density at radius 2 is 1.69 bits per heavy atom. The van der Waals surface area contributed by atoms with Gasteiger partial charge in [0.15, 0.2) is 5.13 Å². The summed E-state index contributed by atoms with van der Waals surface area (Å²) in [5, 5.41) is 1.07. The quantitative estimate of drug-likeness (QED) is 0.348. The summed E-state index contributed by atoms with van der Waals surface area (Å²) in [4.78, 5) is 47.6. The number of fused-ring (bicyclic) bond motifs is 1. The van der Waals surface area contributed by atoms with E-state index in [1.807, 2.05) is 0 Å². The second kappa shape index (κ2) is 12.0. The predicted octanol–water partition coefficient (Wildman–Crippen LogP) is 5.02. The number of imide groups is 1. The zero-order valence-electron chi connectivity index (χ0n) is 20.3. The average molecular weight is 551 g/mol. The van der Waals surface area contributed by atoms with Crippen LogP contribution in [0.15, 0.2) is 36.4 Å². The molecule has 1 aliphatic rings. The number of ether oxygens (including phenoxy) is 1. The van der Waals surface area contributed by atoms with Crippen molar-refractivity contribution in [1.29, 1.82) is 0 Å². The van der Waals surface area contributed by atoms with Crippen molar-refractivity contribution in [2.45, 2.75) is 26.7 Å². The molecular formula is C25H28Cl2N4O4S. The van der Waals surface area contributed by atoms with E-state index in [1.165, 1.54) is 16.2 Å². The number of benzene rings is 2. The van der Waals surface area contributed by atoms with Crippen LogP contribution < -0.4 is 14.5 Å². The number of amides is 3. The fourth-order valence-electron chi connectivity index (χ4n) is 4.06. The highest BCUT2D eigenvalue weighted by molar-refractivity contribution is 7.23. The summed E-state index contributed by atoms with van der Waals surface area (Å²) in [7, 11) is 1.57. The zero-order valence-corrected chi connectivity index (χ0v) is 22.7. The Kier molecular flexibility index (Phi) is 9.30. The van der Waals surface area contributed by atoms with Gasteiger partial charge in [-0.1, -0.05) is 36.8 Å². The lowest BCUT2D eigenvalue weighted by molar-refractivity contribution is -0.121. The van der Waals surface area contributed by atoms with Crippen LogP contribution >= 0.6 is 35.3 Å². The summed E-state index contributed by atoms with van der Waals surface area (Å²) < 4.78 is 6.20. The molecule has 2 aromatic carbocycles. The van der Waals surface area contributed by atoms with Crippen molar-refractivity contribution >= 4 is 74.1 Å². The molecule has 3 amide bonds. The number of carbonyl (C=O) groups excluding carboxylic acids is 3. The monoisotopic (exact) mass is 550 g/mol. The summed E-state index contributed by atoms with van der Waals surface area (Å²) in [6, 6.07) is 10.1. The number of carbonyl (C=O) groups is 3. The smallest absolute Gasteiger partial charge is 0.260 e. The summed E-state index contributed by atoms with van der Waals surface area (Å²) in [6.45, 7) is 7.00. The van der Waals surface area contributed by atoms with Crippen molar-refractivity contribution in [1.82, 2.24) is 9.88 Å². The van der Waals surface area contributed by atoms with E-state index in [0.717, 1.165) is 17.8 Å². The molecule has 1 aliphatic heterocycles. The molecule has 1 fully saturated rings. The maximum absolute atomic E-state index is 13.7. The number of likely N-dealkylation sites (N-methyl/N-ethyl adjacent to an activating group) is 1. The van der Waals surface area contributed by atoms with E-state index >= 15 is 0 Å². The normalized spacial score (nSPS) is 13.4. The van der Waals surface area contributed by atoms with Crippen molar-refractivity contribution in [3.05, 3.63) is 47.0 Å². The van der Waals surface area contributed by atoms with Crippen LogP contribution in [0.25, 0.3) is 10.2 Å². The van der Waals surface area contributed by atoms with Crippen LogP contribution in [-0.4, -0.2) is 60.9 Å². The van der Waals surface area contributed by atoms with Crippen LogP contribution in [0.1, 0.15) is 37.0 Å². The molecule has 0 radical (unpaired) electrons. The molecular weight excluding hydrogens is 523 g/mol. The standard InChI is InChI=1S/C25H27ClN4O4S.ClH/c1-4-28(5-2)14-15-29(25-27-22-19(34-3)11-10-18(26)23(22)35-25)24(33)16-6-8-17(9-7-16)30-20(31)12-13-21(30)32;/h6-11H,4-5,12-15H2,1-3H3;1H. The van der Waals surface area contributed by atoms with E-state index in [4.69, 9.17) is 21.3 Å². The van der Waals surface area contributed by atoms with Gasteiger partial charge in [-0.3, -0.25) is 24.2 Å². The van der Waals surface area contributed by atoms with Crippen LogP contribution in [0, 0.1) is 0 Å². The molecule has 3 aromatic rings. The number of hydrogen-bond acceptors (Lipinski definition) is 7. The first-order chi connectivity index (χ1) is 16.9. The molecule has 0 atom stereocenters. The second-order valence-electron chi connectivity index (χ2n) is 8.08. The zero-order chi connectivity index (χ0) is 25.1. The minimum Gasteiger partial charge on any atom is -0.494 e. The van der Waals surface area contributed by atoms with Crippen LogP contribution in [0.3, 0.4) is 0 Å². The minimum absolute atomic E-state index is 0. The van der Waals surface area contributed by atoms with Gasteiger partial charge in [0.2, 0.25) is 11.8 Å². The first-order valence-corrected chi connectivity index (χ1v) is 12.7. The van der Waals surface area contributed by atoms with E-state index in [9.17, 15) is 14.4 Å². The second-order valence-corrected chi connectivity index (χ2v) is 9.46. The van der Waals surface area contributed by atoms with Gasteiger partial charge in [0.25, 0.3) is 5.91 Å². The van der Waals surface area contributed by atoms with E-state index in [1.54, 1.807) is 48.4 Å². The Morgan fingerprint density at radius 3 is 2.28 bits per heavy atom. The minimum atomic E-state index is -0.227. The fraction of sp³-hybridized carbons (Fsp3) is 0.360. The molecule has 0 N–H and O–H groups in total. The fourth-order valence-corrected chi connectivity index (χ4v) is 5.34. The molecule has 36 heavy (non-hydrogen) atoms. The number of hydrogen-bond donors (Lipinski definition) is 0. The molecule has 1 saturated heterocycles. The van der Waals surface area contributed by atoms with Crippen LogP contribution in [0.2, 0.25) is 5.02 Å². The maximum Gasteiger partial charge on any atom is 0.260 e. The molecule has 0 aliphatic carbocycles. The van der Waals surface area contributed by atoms with Crippen molar-refractivity contribution < 1.29 is 19.1 Å². The summed E-state index contributed by atoms with van der Waals surface area (Å²) >= 11 is 7.76. The summed E-state index contributed by atoms with van der Waals surface area (Å²) in [5.74, 6) is -0.0882. The molecule has 11 heteroatoms. The number of halogens is 2. The van der Waals surface area contributed by atoms with Crippen molar-refractivity contribution in [2.24, 2.45) is 0 Å². The lowest BCUT2D eigenvalue weighted by Gasteiger charge is -2.25. The number of rotatable bonds is 9. The highest BCUT2D eigenvalue weighted by Gasteiger charge is 2.30. The van der Waals surface area contributed by atoms with E-state index in [2.05, 4.69) is 18.7 Å². The summed E-state index contributed by atoms with van der Waals surface area (Å²) in [6.07, 6.45) is 0.421. The first-order valence-electron chi connectivity index (χ1n) is 11.5. The molecule has 8 nitrogen and oxygen atoms in total. The Morgan fingerprint density at radius 1 is 1.06 bits per heavy atom. The highest BCUT2D eigenvalue weighted by atomic mass is 35.5. The van der Waals surface area contributed by atoms with Crippen molar-refractivity contribution in [3.8, 4) is 5.75 Å². The predicted molar refractivity (Wildman–Crippen MR) is 146 cm³/mol. The molecule has 2 heterocycles. The number of methoxy groups -OCH3 is 1. The third-order valence-corrected chi connectivity index (χ3v) is 7.64. The van der Waals surface area contributed by atoms with Gasteiger partial charge in [0.05, 0.1) is 22.5 Å². The Bertz CT molecular complexity index is 1240. The largest absolute Gasteiger partial charge is 0.494 e. The highest BCUT2D eigenvalue weighted by Crippen LogP contribution is 2.39.